The summed E-state index contributed by atoms with van der Waals surface area (Å²) in [5, 5.41) is 0. The summed E-state index contributed by atoms with van der Waals surface area (Å²) in [4.78, 5) is 8.87. The number of hydrogen-bond donors (Lipinski definition) is 1. The SMILES string of the molecule is Cc1ccc(C2=N/C(=C\c3[nH]c(-c4ccccc4)cc3-c3cc(C)cc(C)c3)c3ccccc32)cc1. The molecule has 0 aliphatic carbocycles. The van der Waals surface area contributed by atoms with Crippen molar-refractivity contribution in [2.45, 2.75) is 20.8 Å². The van der Waals surface area contributed by atoms with Crippen LogP contribution < -0.4 is 0 Å². The zero-order chi connectivity index (χ0) is 24.6. The predicted octanol–water partition coefficient (Wildman–Crippen LogP) is 8.62. The van der Waals surface area contributed by atoms with Crippen LogP contribution in [0.3, 0.4) is 0 Å². The van der Waals surface area contributed by atoms with Gasteiger partial charge in [0.25, 0.3) is 0 Å². The molecule has 1 aliphatic rings. The first-order valence-electron chi connectivity index (χ1n) is 12.4. The summed E-state index contributed by atoms with van der Waals surface area (Å²) >= 11 is 0. The summed E-state index contributed by atoms with van der Waals surface area (Å²) < 4.78 is 0. The third kappa shape index (κ3) is 4.12. The number of hydrogen-bond acceptors (Lipinski definition) is 1. The molecule has 2 nitrogen and oxygen atoms in total. The first-order valence-corrected chi connectivity index (χ1v) is 12.4. The fourth-order valence-electron chi connectivity index (χ4n) is 5.06. The normalized spacial score (nSPS) is 13.6. The number of rotatable bonds is 4. The van der Waals surface area contributed by atoms with Crippen molar-refractivity contribution in [2.75, 3.05) is 0 Å². The minimum Gasteiger partial charge on any atom is -0.354 e. The van der Waals surface area contributed by atoms with Gasteiger partial charge in [-0.3, -0.25) is 0 Å². The van der Waals surface area contributed by atoms with E-state index in [2.05, 4.69) is 135 Å². The molecule has 0 atom stereocenters. The molecule has 1 aliphatic heterocycles. The Kier molecular flexibility index (Phi) is 5.50. The van der Waals surface area contributed by atoms with Gasteiger partial charge in [0.15, 0.2) is 0 Å². The number of nitrogens with one attached hydrogen (secondary N) is 1. The van der Waals surface area contributed by atoms with Gasteiger partial charge in [0.05, 0.1) is 11.4 Å². The summed E-state index contributed by atoms with van der Waals surface area (Å²) in [5.74, 6) is 0. The lowest BCUT2D eigenvalue weighted by molar-refractivity contribution is 1.35. The van der Waals surface area contributed by atoms with Gasteiger partial charge in [-0.05, 0) is 44.0 Å². The first-order chi connectivity index (χ1) is 17.5. The van der Waals surface area contributed by atoms with Gasteiger partial charge >= 0.3 is 0 Å². The fraction of sp³-hybridized carbons (Fsp3) is 0.0882. The molecule has 174 valence electrons. The van der Waals surface area contributed by atoms with Crippen LogP contribution in [0.1, 0.15) is 39.1 Å². The Labute approximate surface area is 212 Å². The monoisotopic (exact) mass is 464 g/mol. The van der Waals surface area contributed by atoms with Crippen LogP contribution in [0, 0.1) is 20.8 Å². The number of nitrogens with zero attached hydrogens (tertiary/aromatic N) is 1. The minimum absolute atomic E-state index is 0.980. The highest BCUT2D eigenvalue weighted by Crippen LogP contribution is 2.37. The number of aromatic nitrogens is 1. The highest BCUT2D eigenvalue weighted by molar-refractivity contribution is 6.21. The molecule has 0 radical (unpaired) electrons. The zero-order valence-electron chi connectivity index (χ0n) is 20.8. The zero-order valence-corrected chi connectivity index (χ0v) is 20.8. The summed E-state index contributed by atoms with van der Waals surface area (Å²) in [6.45, 7) is 6.43. The van der Waals surface area contributed by atoms with Gasteiger partial charge in [-0.1, -0.05) is 114 Å². The van der Waals surface area contributed by atoms with Gasteiger partial charge in [0.1, 0.15) is 0 Å². The van der Waals surface area contributed by atoms with E-state index in [0.717, 1.165) is 33.9 Å². The lowest BCUT2D eigenvalue weighted by atomic mass is 9.97. The van der Waals surface area contributed by atoms with Crippen molar-refractivity contribution >= 4 is 17.5 Å². The Morgan fingerprint density at radius 2 is 1.22 bits per heavy atom. The third-order valence-corrected chi connectivity index (χ3v) is 6.76. The fourth-order valence-corrected chi connectivity index (χ4v) is 5.06. The molecular weight excluding hydrogens is 436 g/mol. The van der Waals surface area contributed by atoms with Crippen LogP contribution in [0.15, 0.2) is 108 Å². The summed E-state index contributed by atoms with van der Waals surface area (Å²) in [7, 11) is 0. The van der Waals surface area contributed by atoms with Crippen LogP contribution in [0.4, 0.5) is 0 Å². The van der Waals surface area contributed by atoms with Crippen LogP contribution in [0.2, 0.25) is 0 Å². The standard InChI is InChI=1S/C34H28N2/c1-22-13-15-26(16-14-22)34-29-12-8-7-11-28(29)32(36-34)21-33-30(27-18-23(2)17-24(3)19-27)20-31(35-33)25-9-5-4-6-10-25/h4-21,35H,1-3H3/b32-21-. The van der Waals surface area contributed by atoms with E-state index in [4.69, 9.17) is 4.99 Å². The van der Waals surface area contributed by atoms with Gasteiger partial charge in [-0.15, -0.1) is 0 Å². The summed E-state index contributed by atoms with van der Waals surface area (Å²) in [6.07, 6.45) is 2.21. The molecule has 0 amide bonds. The second-order valence-electron chi connectivity index (χ2n) is 9.65. The number of aliphatic imine (C=N–C) groups is 1. The van der Waals surface area contributed by atoms with Crippen molar-refractivity contribution in [3.05, 3.63) is 142 Å². The molecule has 0 spiro atoms. The van der Waals surface area contributed by atoms with E-state index in [1.165, 1.54) is 38.9 Å². The molecule has 5 aromatic rings. The Bertz CT molecular complexity index is 1610. The lowest BCUT2D eigenvalue weighted by Gasteiger charge is -2.06. The quantitative estimate of drug-likeness (QED) is 0.276. The molecule has 2 heteroatoms. The highest BCUT2D eigenvalue weighted by Gasteiger charge is 2.22. The van der Waals surface area contributed by atoms with E-state index in [1.807, 2.05) is 0 Å². The maximum absolute atomic E-state index is 5.16. The molecule has 0 bridgehead atoms. The van der Waals surface area contributed by atoms with Crippen LogP contribution in [0.25, 0.3) is 34.2 Å². The molecule has 0 unspecified atom stereocenters. The molecule has 0 saturated heterocycles. The molecular formula is C34H28N2. The summed E-state index contributed by atoms with van der Waals surface area (Å²) in [5.41, 5.74) is 15.0. The Morgan fingerprint density at radius 3 is 1.94 bits per heavy atom. The van der Waals surface area contributed by atoms with E-state index in [0.29, 0.717) is 0 Å². The molecule has 1 aromatic heterocycles. The second-order valence-corrected chi connectivity index (χ2v) is 9.65. The third-order valence-electron chi connectivity index (χ3n) is 6.76. The Hall–Kier alpha value is -4.43. The number of aryl methyl sites for hydroxylation is 3. The molecule has 6 rings (SSSR count). The Balaban J connectivity index is 1.54. The van der Waals surface area contributed by atoms with Gasteiger partial charge < -0.3 is 4.98 Å². The van der Waals surface area contributed by atoms with Crippen molar-refractivity contribution in [1.29, 1.82) is 0 Å². The van der Waals surface area contributed by atoms with Gasteiger partial charge in [0.2, 0.25) is 0 Å². The van der Waals surface area contributed by atoms with E-state index in [9.17, 15) is 0 Å². The van der Waals surface area contributed by atoms with E-state index >= 15 is 0 Å². The van der Waals surface area contributed by atoms with Crippen molar-refractivity contribution < 1.29 is 0 Å². The second kappa shape index (κ2) is 8.98. The van der Waals surface area contributed by atoms with E-state index in [-0.39, 0.29) is 0 Å². The van der Waals surface area contributed by atoms with E-state index in [1.54, 1.807) is 0 Å². The van der Waals surface area contributed by atoms with Crippen LogP contribution >= 0.6 is 0 Å². The molecule has 2 heterocycles. The molecule has 0 saturated carbocycles. The van der Waals surface area contributed by atoms with Crippen molar-refractivity contribution in [3.63, 3.8) is 0 Å². The van der Waals surface area contributed by atoms with E-state index < -0.39 is 0 Å². The highest BCUT2D eigenvalue weighted by atomic mass is 14.8. The maximum Gasteiger partial charge on any atom is 0.0788 e. The van der Waals surface area contributed by atoms with Crippen molar-refractivity contribution in [2.24, 2.45) is 4.99 Å². The number of benzene rings is 4. The number of fused-ring (bicyclic) bond motifs is 1. The number of H-pyrrole nitrogens is 1. The molecule has 0 fully saturated rings. The summed E-state index contributed by atoms with van der Waals surface area (Å²) in [6, 6.07) is 36.7. The van der Waals surface area contributed by atoms with Crippen molar-refractivity contribution in [3.8, 4) is 22.4 Å². The maximum atomic E-state index is 5.16. The predicted molar refractivity (Wildman–Crippen MR) is 152 cm³/mol. The largest absolute Gasteiger partial charge is 0.354 e. The Morgan fingerprint density at radius 1 is 0.556 bits per heavy atom. The number of aromatic amines is 1. The average Bonchev–Trinajstić information content (AvgIpc) is 3.47. The smallest absolute Gasteiger partial charge is 0.0788 e. The van der Waals surface area contributed by atoms with Crippen molar-refractivity contribution in [1.82, 2.24) is 4.98 Å². The average molecular weight is 465 g/mol. The van der Waals surface area contributed by atoms with Crippen LogP contribution in [-0.2, 0) is 0 Å². The molecule has 36 heavy (non-hydrogen) atoms. The topological polar surface area (TPSA) is 28.1 Å². The van der Waals surface area contributed by atoms with Crippen LogP contribution in [-0.4, -0.2) is 10.7 Å². The van der Waals surface area contributed by atoms with Gasteiger partial charge in [-0.2, -0.15) is 0 Å². The molecule has 4 aromatic carbocycles. The molecule has 1 N–H and O–H groups in total. The first kappa shape index (κ1) is 22.1. The minimum atomic E-state index is 0.980. The van der Waals surface area contributed by atoms with Gasteiger partial charge in [0, 0.05) is 33.6 Å². The lowest BCUT2D eigenvalue weighted by Crippen LogP contribution is -2.00. The van der Waals surface area contributed by atoms with Gasteiger partial charge in [-0.25, -0.2) is 4.99 Å². The van der Waals surface area contributed by atoms with Crippen LogP contribution in [0.5, 0.6) is 0 Å².